The van der Waals surface area contributed by atoms with E-state index < -0.39 is 77.3 Å². The Morgan fingerprint density at radius 2 is 1.48 bits per heavy atom. The Morgan fingerprint density at radius 3 is 2.10 bits per heavy atom. The molecular weight excluding hydrogens is 889 g/mol. The molecule has 390 valence electrons. The smallest absolute Gasteiger partial charge is 0.316 e. The van der Waals surface area contributed by atoms with E-state index >= 15 is 0 Å². The number of carbonyl (C=O) groups excluding carboxylic acids is 2. The molecule has 13 atom stereocenters. The molecule has 0 saturated carbocycles. The Hall–Kier alpha value is -3.75. The molecule has 0 radical (unpaired) electrons. The third-order valence-corrected chi connectivity index (χ3v) is 13.5. The van der Waals surface area contributed by atoms with E-state index in [1.165, 1.54) is 21.0 Å². The van der Waals surface area contributed by atoms with Gasteiger partial charge in [-0.25, -0.2) is 0 Å². The average molecular weight is 973 g/mol. The summed E-state index contributed by atoms with van der Waals surface area (Å²) in [5.74, 6) is -3.17. The monoisotopic (exact) mass is 973 g/mol. The highest BCUT2D eigenvalue weighted by Crippen LogP contribution is 2.39. The van der Waals surface area contributed by atoms with Crippen LogP contribution < -0.4 is 15.4 Å². The van der Waals surface area contributed by atoms with Crippen LogP contribution in [0.5, 0.6) is 11.5 Å². The summed E-state index contributed by atoms with van der Waals surface area (Å²) < 4.78 is 42.2. The van der Waals surface area contributed by atoms with E-state index in [1.807, 2.05) is 94.4 Å². The maximum absolute atomic E-state index is 14.2. The number of nitrogens with zero attached hydrogens (tertiary/aromatic N) is 2. The number of benzene rings is 2. The molecule has 0 aromatic heterocycles. The molecule has 17 nitrogen and oxygen atoms in total. The number of aliphatic hydroxyl groups excluding tert-OH is 2. The second kappa shape index (κ2) is 28.3. The molecule has 0 unspecified atom stereocenters. The minimum atomic E-state index is -1.92. The minimum absolute atomic E-state index is 0.166. The van der Waals surface area contributed by atoms with Crippen molar-refractivity contribution in [1.29, 1.82) is 0 Å². The average Bonchev–Trinajstić information content (AvgIpc) is 3.33. The number of oxime groups is 1. The van der Waals surface area contributed by atoms with Crippen LogP contribution in [-0.4, -0.2) is 166 Å². The zero-order chi connectivity index (χ0) is 50.7. The predicted octanol–water partition coefficient (Wildman–Crippen LogP) is 5.83. The number of nitrogens with one attached hydrogen (secondary N) is 2. The van der Waals surface area contributed by atoms with Gasteiger partial charge in [-0.15, -0.1) is 0 Å². The van der Waals surface area contributed by atoms with Crippen molar-refractivity contribution in [3.63, 3.8) is 0 Å². The summed E-state index contributed by atoms with van der Waals surface area (Å²) in [6.45, 7) is 18.0. The van der Waals surface area contributed by atoms with Gasteiger partial charge in [0.2, 0.25) is 0 Å². The number of Topliss-reactive ketones (excluding diaryl/α,β-unsaturated/α-hetero) is 1. The fourth-order valence-corrected chi connectivity index (χ4v) is 9.27. The topological polar surface area (TPSA) is 208 Å². The van der Waals surface area contributed by atoms with E-state index in [2.05, 4.69) is 15.8 Å². The highest BCUT2D eigenvalue weighted by Gasteiger charge is 2.51. The summed E-state index contributed by atoms with van der Waals surface area (Å²) in [6.07, 6.45) is -3.47. The summed E-state index contributed by atoms with van der Waals surface area (Å²) in [5.41, 5.74) is -1.71. The molecule has 4 rings (SSSR count). The maximum atomic E-state index is 14.2. The lowest BCUT2D eigenvalue weighted by Gasteiger charge is -2.47. The number of cyclic esters (lactones) is 1. The molecule has 69 heavy (non-hydrogen) atoms. The Labute approximate surface area is 410 Å². The van der Waals surface area contributed by atoms with Crippen molar-refractivity contribution in [2.24, 2.45) is 28.8 Å². The summed E-state index contributed by atoms with van der Waals surface area (Å²) in [4.78, 5) is 35.7. The van der Waals surface area contributed by atoms with Crippen LogP contribution >= 0.6 is 0 Å². The highest BCUT2D eigenvalue weighted by molar-refractivity contribution is 6.00. The molecule has 2 saturated heterocycles. The molecule has 2 aromatic carbocycles. The standard InChI is InChI=1S/C52H84N4O13/c1-12-43-52(8,61)47(59)36(4)44(34(2)33-51(7,62-11)48(37(5)45(57)38(6)49(60)68-43)69-50-46(58)42(56(9)10)32-35(3)66-50)55-65-29-26-53-24-16-27-63-30-31-64-28-17-25-54-39-20-22-41(23-21-39)67-40-18-14-13-15-19-40/h13-15,18-23,34-38,42-43,46-48,50,53-54,58-59,61H,12,16-17,24-33H2,1-11H3/b55-44+/t34-,35-,36+,37+,38-,42+,43-,46-,47-,48-,50+,51+,52-/m1/s1. The third kappa shape index (κ3) is 16.9. The molecule has 2 aliphatic rings. The van der Waals surface area contributed by atoms with E-state index in [0.29, 0.717) is 51.6 Å². The van der Waals surface area contributed by atoms with Gasteiger partial charge in [0.05, 0.1) is 42.8 Å². The highest BCUT2D eigenvalue weighted by atomic mass is 16.7. The van der Waals surface area contributed by atoms with Gasteiger partial charge in [-0.05, 0) is 117 Å². The number of rotatable bonds is 23. The lowest BCUT2D eigenvalue weighted by atomic mass is 9.74. The van der Waals surface area contributed by atoms with Gasteiger partial charge < -0.3 is 68.8 Å². The molecule has 5 N–H and O–H groups in total. The fraction of sp³-hybridized carbons (Fsp3) is 0.712. The van der Waals surface area contributed by atoms with Crippen molar-refractivity contribution in [1.82, 2.24) is 10.2 Å². The Bertz CT molecular complexity index is 1840. The molecule has 0 amide bonds. The first-order chi connectivity index (χ1) is 32.8. The van der Waals surface area contributed by atoms with Crippen LogP contribution in [0.1, 0.15) is 87.5 Å². The number of hydrogen-bond acceptors (Lipinski definition) is 17. The number of likely N-dealkylation sites (N-methyl/N-ethyl adjacent to an activating group) is 1. The molecule has 2 fully saturated rings. The van der Waals surface area contributed by atoms with Crippen LogP contribution in [0.25, 0.3) is 0 Å². The maximum Gasteiger partial charge on any atom is 0.316 e. The van der Waals surface area contributed by atoms with E-state index in [9.17, 15) is 24.9 Å². The summed E-state index contributed by atoms with van der Waals surface area (Å²) >= 11 is 0. The second-order valence-corrected chi connectivity index (χ2v) is 19.4. The van der Waals surface area contributed by atoms with E-state index in [-0.39, 0.29) is 31.6 Å². The molecule has 17 heteroatoms. The van der Waals surface area contributed by atoms with Crippen molar-refractivity contribution in [2.75, 3.05) is 79.2 Å². The first-order valence-electron chi connectivity index (χ1n) is 24.8. The van der Waals surface area contributed by atoms with Crippen molar-refractivity contribution < 1.29 is 62.9 Å². The molecular formula is C52H84N4O13. The number of aliphatic hydroxyl groups is 3. The van der Waals surface area contributed by atoms with Crippen LogP contribution in [0.3, 0.4) is 0 Å². The Kier molecular flexibility index (Phi) is 23.7. The Morgan fingerprint density at radius 1 is 0.841 bits per heavy atom. The normalized spacial score (nSPS) is 32.4. The first kappa shape index (κ1) is 57.8. The Balaban J connectivity index is 1.29. The van der Waals surface area contributed by atoms with Gasteiger partial charge in [0.25, 0.3) is 0 Å². The third-order valence-electron chi connectivity index (χ3n) is 13.5. The van der Waals surface area contributed by atoms with E-state index in [4.69, 9.17) is 38.0 Å². The summed E-state index contributed by atoms with van der Waals surface area (Å²) in [6, 6.07) is 17.3. The predicted molar refractivity (Wildman–Crippen MR) is 264 cm³/mol. The van der Waals surface area contributed by atoms with Crippen LogP contribution in [0.4, 0.5) is 5.69 Å². The molecule has 0 aliphatic carbocycles. The summed E-state index contributed by atoms with van der Waals surface area (Å²) in [7, 11) is 5.27. The first-order valence-corrected chi connectivity index (χ1v) is 24.8. The van der Waals surface area contributed by atoms with Gasteiger partial charge in [0, 0.05) is 62.9 Å². The minimum Gasteiger partial charge on any atom is -0.459 e. The van der Waals surface area contributed by atoms with Crippen LogP contribution in [-0.2, 0) is 42.8 Å². The lowest BCUT2D eigenvalue weighted by Crippen LogP contribution is -2.60. The number of carbonyl (C=O) groups is 2. The number of hydrogen-bond donors (Lipinski definition) is 5. The van der Waals surface area contributed by atoms with E-state index in [1.54, 1.807) is 20.8 Å². The zero-order valence-electron chi connectivity index (χ0n) is 43.1. The van der Waals surface area contributed by atoms with Crippen LogP contribution in [0.15, 0.2) is 59.8 Å². The molecule has 0 bridgehead atoms. The SMILES string of the molecule is CC[C@H]1OC(=O)[C@H](C)C(=O)[C@H](C)[C@@H](O[C@@H]2O[C@H](C)C[C@H](N(C)C)[C@H]2O)[C@@](C)(OC)C[C@@H](C)/C(=N\OCCNCCCOCCOCCCNc2ccc(Oc3ccccc3)cc2)[C@H](C)[C@@H](O)[C@]1(C)O. The van der Waals surface area contributed by atoms with Gasteiger partial charge in [0.15, 0.2) is 12.1 Å². The number of para-hydroxylation sites is 1. The van der Waals surface area contributed by atoms with Crippen molar-refractivity contribution in [3.8, 4) is 11.5 Å². The van der Waals surface area contributed by atoms with Gasteiger partial charge in [-0.1, -0.05) is 51.0 Å². The number of methoxy groups -OCH3 is 1. The number of ether oxygens (including phenoxy) is 7. The molecule has 2 aromatic rings. The van der Waals surface area contributed by atoms with Crippen molar-refractivity contribution in [3.05, 3.63) is 54.6 Å². The van der Waals surface area contributed by atoms with Gasteiger partial charge >= 0.3 is 5.97 Å². The molecule has 2 aliphatic heterocycles. The molecule has 0 spiro atoms. The van der Waals surface area contributed by atoms with Crippen LogP contribution in [0, 0.1) is 23.7 Å². The lowest BCUT2D eigenvalue weighted by molar-refractivity contribution is -0.295. The fourth-order valence-electron chi connectivity index (χ4n) is 9.27. The number of ketones is 1. The second-order valence-electron chi connectivity index (χ2n) is 19.4. The quantitative estimate of drug-likeness (QED) is 0.0384. The zero-order valence-corrected chi connectivity index (χ0v) is 43.1. The van der Waals surface area contributed by atoms with Crippen LogP contribution in [0.2, 0.25) is 0 Å². The summed E-state index contributed by atoms with van der Waals surface area (Å²) in [5, 5.41) is 46.5. The van der Waals surface area contributed by atoms with Crippen molar-refractivity contribution >= 4 is 23.2 Å². The number of anilines is 1. The molecule has 2 heterocycles. The van der Waals surface area contributed by atoms with Crippen molar-refractivity contribution in [2.45, 2.75) is 142 Å². The van der Waals surface area contributed by atoms with E-state index in [0.717, 1.165) is 36.6 Å². The largest absolute Gasteiger partial charge is 0.459 e. The van der Waals surface area contributed by atoms with Gasteiger partial charge in [-0.3, -0.25) is 9.59 Å². The van der Waals surface area contributed by atoms with Gasteiger partial charge in [0.1, 0.15) is 41.8 Å². The van der Waals surface area contributed by atoms with Gasteiger partial charge in [-0.2, -0.15) is 0 Å². The number of esters is 1.